The minimum Gasteiger partial charge on any atom is -0.295 e. The summed E-state index contributed by atoms with van der Waals surface area (Å²) in [5.74, 6) is 0.656. The molecule has 2 aromatic heterocycles. The number of pyridine rings is 1. The van der Waals surface area contributed by atoms with E-state index in [1.54, 1.807) is 29.2 Å². The Hall–Kier alpha value is -2.75. The average molecular weight is 263 g/mol. The molecule has 0 aliphatic heterocycles. The number of rotatable bonds is 3. The van der Waals surface area contributed by atoms with Gasteiger partial charge in [0.25, 0.3) is 0 Å². The van der Waals surface area contributed by atoms with Crippen molar-refractivity contribution >= 4 is 5.78 Å². The Morgan fingerprint density at radius 1 is 1.10 bits per heavy atom. The number of carbonyl (C=O) groups excluding carboxylic acids is 1. The van der Waals surface area contributed by atoms with Gasteiger partial charge in [-0.05, 0) is 24.6 Å². The maximum Gasteiger partial charge on any atom is 0.159 e. The summed E-state index contributed by atoms with van der Waals surface area (Å²) in [6.45, 7) is 1.54. The Kier molecular flexibility index (Phi) is 3.13. The number of hydrogen-bond acceptors (Lipinski definition) is 3. The molecule has 0 aliphatic rings. The Labute approximate surface area is 116 Å². The molecule has 4 heteroatoms. The van der Waals surface area contributed by atoms with Crippen LogP contribution in [-0.4, -0.2) is 20.5 Å². The zero-order chi connectivity index (χ0) is 13.9. The van der Waals surface area contributed by atoms with Crippen molar-refractivity contribution in [1.82, 2.24) is 14.8 Å². The van der Waals surface area contributed by atoms with Crippen LogP contribution < -0.4 is 0 Å². The third-order valence-corrected chi connectivity index (χ3v) is 3.08. The third kappa shape index (κ3) is 2.36. The standard InChI is InChI=1S/C16H13N3O/c1-12(20)14-7-8-17-16(9-14)19-11-15(10-18-19)13-5-3-2-4-6-13/h2-11H,1H3. The van der Waals surface area contributed by atoms with Crippen LogP contribution in [0.25, 0.3) is 16.9 Å². The van der Waals surface area contributed by atoms with Gasteiger partial charge in [0.2, 0.25) is 0 Å². The molecule has 0 amide bonds. The molecular formula is C16H13N3O. The van der Waals surface area contributed by atoms with Crippen LogP contribution >= 0.6 is 0 Å². The van der Waals surface area contributed by atoms with Crippen LogP contribution in [0.3, 0.4) is 0 Å². The highest BCUT2D eigenvalue weighted by Gasteiger charge is 2.06. The summed E-state index contributed by atoms with van der Waals surface area (Å²) in [5, 5.41) is 4.31. The number of nitrogens with zero attached hydrogens (tertiary/aromatic N) is 3. The lowest BCUT2D eigenvalue weighted by molar-refractivity contribution is 0.101. The van der Waals surface area contributed by atoms with Gasteiger partial charge in [0.1, 0.15) is 0 Å². The normalized spacial score (nSPS) is 10.4. The summed E-state index contributed by atoms with van der Waals surface area (Å²) in [4.78, 5) is 15.6. The molecular weight excluding hydrogens is 250 g/mol. The van der Waals surface area contributed by atoms with E-state index in [-0.39, 0.29) is 5.78 Å². The zero-order valence-corrected chi connectivity index (χ0v) is 11.0. The summed E-state index contributed by atoms with van der Waals surface area (Å²) in [7, 11) is 0. The quantitative estimate of drug-likeness (QED) is 0.682. The van der Waals surface area contributed by atoms with Crippen molar-refractivity contribution in [3.8, 4) is 16.9 Å². The predicted molar refractivity (Wildman–Crippen MR) is 76.8 cm³/mol. The maximum absolute atomic E-state index is 11.4. The fourth-order valence-corrected chi connectivity index (χ4v) is 1.99. The van der Waals surface area contributed by atoms with Gasteiger partial charge in [-0.3, -0.25) is 4.79 Å². The molecule has 0 N–H and O–H groups in total. The van der Waals surface area contributed by atoms with Gasteiger partial charge in [-0.2, -0.15) is 5.10 Å². The Balaban J connectivity index is 1.98. The predicted octanol–water partition coefficient (Wildman–Crippen LogP) is 3.14. The van der Waals surface area contributed by atoms with Crippen LogP contribution in [0.2, 0.25) is 0 Å². The molecule has 0 unspecified atom stereocenters. The fraction of sp³-hybridized carbons (Fsp3) is 0.0625. The van der Waals surface area contributed by atoms with E-state index in [9.17, 15) is 4.79 Å². The topological polar surface area (TPSA) is 47.8 Å². The second-order valence-corrected chi connectivity index (χ2v) is 4.50. The van der Waals surface area contributed by atoms with E-state index in [2.05, 4.69) is 10.1 Å². The molecule has 0 bridgehead atoms. The largest absolute Gasteiger partial charge is 0.295 e. The molecule has 98 valence electrons. The van der Waals surface area contributed by atoms with Crippen LogP contribution in [0.5, 0.6) is 0 Å². The molecule has 0 aliphatic carbocycles. The van der Waals surface area contributed by atoms with Crippen molar-refractivity contribution in [3.05, 3.63) is 66.6 Å². The molecule has 0 radical (unpaired) electrons. The van der Waals surface area contributed by atoms with Gasteiger partial charge < -0.3 is 0 Å². The summed E-state index contributed by atoms with van der Waals surface area (Å²) in [6, 6.07) is 13.5. The van der Waals surface area contributed by atoms with E-state index in [1.165, 1.54) is 6.92 Å². The number of Topliss-reactive ketones (excluding diaryl/α,β-unsaturated/α-hetero) is 1. The third-order valence-electron chi connectivity index (χ3n) is 3.08. The highest BCUT2D eigenvalue weighted by atomic mass is 16.1. The lowest BCUT2D eigenvalue weighted by atomic mass is 10.1. The van der Waals surface area contributed by atoms with E-state index in [0.29, 0.717) is 11.4 Å². The molecule has 3 rings (SSSR count). The van der Waals surface area contributed by atoms with Crippen LogP contribution in [0.4, 0.5) is 0 Å². The van der Waals surface area contributed by atoms with Crippen molar-refractivity contribution in [2.75, 3.05) is 0 Å². The number of carbonyl (C=O) groups is 1. The summed E-state index contributed by atoms with van der Waals surface area (Å²) in [6.07, 6.45) is 5.31. The molecule has 0 saturated carbocycles. The maximum atomic E-state index is 11.4. The molecule has 3 aromatic rings. The average Bonchev–Trinajstić information content (AvgIpc) is 2.98. The fourth-order valence-electron chi connectivity index (χ4n) is 1.99. The van der Waals surface area contributed by atoms with Gasteiger partial charge in [-0.1, -0.05) is 30.3 Å². The van der Waals surface area contributed by atoms with Crippen molar-refractivity contribution in [1.29, 1.82) is 0 Å². The van der Waals surface area contributed by atoms with Gasteiger partial charge in [-0.25, -0.2) is 9.67 Å². The lowest BCUT2D eigenvalue weighted by Gasteiger charge is -2.01. The Morgan fingerprint density at radius 3 is 2.65 bits per heavy atom. The Morgan fingerprint density at radius 2 is 1.90 bits per heavy atom. The Bertz CT molecular complexity index is 747. The first-order valence-corrected chi connectivity index (χ1v) is 6.31. The number of benzene rings is 1. The van der Waals surface area contributed by atoms with Crippen molar-refractivity contribution in [2.24, 2.45) is 0 Å². The minimum absolute atomic E-state index is 0.0177. The molecule has 4 nitrogen and oxygen atoms in total. The zero-order valence-electron chi connectivity index (χ0n) is 11.0. The first-order valence-electron chi connectivity index (χ1n) is 6.31. The molecule has 2 heterocycles. The van der Waals surface area contributed by atoms with Crippen molar-refractivity contribution < 1.29 is 4.79 Å². The van der Waals surface area contributed by atoms with Crippen molar-refractivity contribution in [2.45, 2.75) is 6.92 Å². The minimum atomic E-state index is 0.0177. The van der Waals surface area contributed by atoms with E-state index < -0.39 is 0 Å². The summed E-state index contributed by atoms with van der Waals surface area (Å²) in [5.41, 5.74) is 2.74. The van der Waals surface area contributed by atoms with E-state index in [1.807, 2.05) is 36.5 Å². The monoisotopic (exact) mass is 263 g/mol. The molecule has 0 spiro atoms. The highest BCUT2D eigenvalue weighted by molar-refractivity contribution is 5.94. The number of hydrogen-bond donors (Lipinski definition) is 0. The highest BCUT2D eigenvalue weighted by Crippen LogP contribution is 2.19. The van der Waals surface area contributed by atoms with E-state index >= 15 is 0 Å². The van der Waals surface area contributed by atoms with Gasteiger partial charge in [0.05, 0.1) is 6.20 Å². The molecule has 0 fully saturated rings. The summed E-state index contributed by atoms with van der Waals surface area (Å²) < 4.78 is 1.68. The van der Waals surface area contributed by atoms with E-state index in [0.717, 1.165) is 11.1 Å². The first kappa shape index (κ1) is 12.3. The second-order valence-electron chi connectivity index (χ2n) is 4.50. The first-order chi connectivity index (χ1) is 9.74. The van der Waals surface area contributed by atoms with Gasteiger partial charge >= 0.3 is 0 Å². The molecule has 1 aromatic carbocycles. The number of ketones is 1. The van der Waals surface area contributed by atoms with E-state index in [4.69, 9.17) is 0 Å². The molecule has 0 saturated heterocycles. The van der Waals surface area contributed by atoms with Gasteiger partial charge in [-0.15, -0.1) is 0 Å². The van der Waals surface area contributed by atoms with Crippen LogP contribution in [0, 0.1) is 0 Å². The molecule has 20 heavy (non-hydrogen) atoms. The van der Waals surface area contributed by atoms with Gasteiger partial charge in [0.15, 0.2) is 11.6 Å². The van der Waals surface area contributed by atoms with Gasteiger partial charge in [0, 0.05) is 23.5 Å². The van der Waals surface area contributed by atoms with Crippen LogP contribution in [0.1, 0.15) is 17.3 Å². The number of aromatic nitrogens is 3. The smallest absolute Gasteiger partial charge is 0.159 e. The van der Waals surface area contributed by atoms with Crippen LogP contribution in [0.15, 0.2) is 61.1 Å². The lowest BCUT2D eigenvalue weighted by Crippen LogP contribution is -2.00. The van der Waals surface area contributed by atoms with Crippen LogP contribution in [-0.2, 0) is 0 Å². The van der Waals surface area contributed by atoms with Crippen molar-refractivity contribution in [3.63, 3.8) is 0 Å². The summed E-state index contributed by atoms with van der Waals surface area (Å²) >= 11 is 0. The second kappa shape index (κ2) is 5.09. The molecule has 0 atom stereocenters. The SMILES string of the molecule is CC(=O)c1ccnc(-n2cc(-c3ccccc3)cn2)c1.